The van der Waals surface area contributed by atoms with E-state index < -0.39 is 0 Å². The van der Waals surface area contributed by atoms with Gasteiger partial charge in [-0.2, -0.15) is 0 Å². The molecule has 0 amide bonds. The van der Waals surface area contributed by atoms with Gasteiger partial charge in [0, 0.05) is 11.3 Å². The monoisotopic (exact) mass is 390 g/mol. The zero-order valence-corrected chi connectivity index (χ0v) is 16.6. The van der Waals surface area contributed by atoms with E-state index in [2.05, 4.69) is 24.5 Å². The molecule has 0 saturated heterocycles. The van der Waals surface area contributed by atoms with Crippen molar-refractivity contribution in [3.63, 3.8) is 0 Å². The van der Waals surface area contributed by atoms with Gasteiger partial charge < -0.3 is 14.9 Å². The number of carbonyl (C=O) groups excluding carboxylic acids is 1. The first kappa shape index (κ1) is 20.4. The van der Waals surface area contributed by atoms with Crippen molar-refractivity contribution in [2.75, 3.05) is 18.6 Å². The van der Waals surface area contributed by atoms with Crippen molar-refractivity contribution in [2.45, 2.75) is 19.8 Å². The van der Waals surface area contributed by atoms with Gasteiger partial charge in [-0.1, -0.05) is 43.7 Å². The normalized spacial score (nSPS) is 10.4. The molecule has 5 nitrogen and oxygen atoms in total. The first-order valence-electron chi connectivity index (χ1n) is 9.74. The van der Waals surface area contributed by atoms with Gasteiger partial charge in [-0.15, -0.1) is 0 Å². The van der Waals surface area contributed by atoms with E-state index >= 15 is 0 Å². The molecule has 150 valence electrons. The summed E-state index contributed by atoms with van der Waals surface area (Å²) >= 11 is 0. The Morgan fingerprint density at radius 3 is 2.41 bits per heavy atom. The third-order valence-corrected chi connectivity index (χ3v) is 4.57. The highest BCUT2D eigenvalue weighted by molar-refractivity contribution is 5.75. The minimum atomic E-state index is 0.406. The Kier molecular flexibility index (Phi) is 7.25. The summed E-state index contributed by atoms with van der Waals surface area (Å²) in [5, 5.41) is 0. The molecule has 3 aromatic carbocycles. The van der Waals surface area contributed by atoms with Crippen molar-refractivity contribution in [2.24, 2.45) is 5.84 Å². The molecule has 0 aliphatic carbocycles. The molecular formula is C24H26N2O3. The van der Waals surface area contributed by atoms with E-state index in [0.29, 0.717) is 24.5 Å². The fourth-order valence-electron chi connectivity index (χ4n) is 3.11. The van der Waals surface area contributed by atoms with Crippen LogP contribution in [-0.2, 0) is 6.42 Å². The third kappa shape index (κ3) is 5.59. The molecular weight excluding hydrogens is 364 g/mol. The molecule has 5 heteroatoms. The fraction of sp³-hybridized carbons (Fsp3) is 0.208. The van der Waals surface area contributed by atoms with E-state index in [-0.39, 0.29) is 0 Å². The van der Waals surface area contributed by atoms with Crippen LogP contribution >= 0.6 is 0 Å². The minimum absolute atomic E-state index is 0.406. The summed E-state index contributed by atoms with van der Waals surface area (Å²) in [4.78, 5) is 10.8. The van der Waals surface area contributed by atoms with Crippen molar-refractivity contribution in [3.05, 3.63) is 77.9 Å². The molecule has 3 rings (SSSR count). The number of aldehydes is 1. The summed E-state index contributed by atoms with van der Waals surface area (Å²) < 4.78 is 11.7. The number of aryl methyl sites for hydroxylation is 1. The van der Waals surface area contributed by atoms with Crippen LogP contribution < -0.4 is 20.7 Å². The van der Waals surface area contributed by atoms with Gasteiger partial charge in [0.15, 0.2) is 0 Å². The second kappa shape index (κ2) is 10.3. The molecule has 0 spiro atoms. The molecule has 0 aliphatic heterocycles. The summed E-state index contributed by atoms with van der Waals surface area (Å²) in [6.07, 6.45) is 2.78. The molecule has 3 N–H and O–H groups in total. The van der Waals surface area contributed by atoms with Gasteiger partial charge >= 0.3 is 0 Å². The number of rotatable bonds is 10. The molecule has 0 aliphatic rings. The van der Waals surface area contributed by atoms with E-state index in [1.807, 2.05) is 36.4 Å². The zero-order chi connectivity index (χ0) is 20.5. The summed E-state index contributed by atoms with van der Waals surface area (Å²) in [5.41, 5.74) is 7.57. The first-order chi connectivity index (χ1) is 14.2. The minimum Gasteiger partial charge on any atom is -0.490 e. The summed E-state index contributed by atoms with van der Waals surface area (Å²) in [6.45, 7) is 2.99. The van der Waals surface area contributed by atoms with Crippen molar-refractivity contribution >= 4 is 12.0 Å². The van der Waals surface area contributed by atoms with E-state index in [9.17, 15) is 4.79 Å². The van der Waals surface area contributed by atoms with Crippen LogP contribution in [0.1, 0.15) is 29.3 Å². The summed E-state index contributed by atoms with van der Waals surface area (Å²) in [5.74, 6) is 6.98. The second-order valence-electron chi connectivity index (χ2n) is 6.68. The maximum atomic E-state index is 10.8. The summed E-state index contributed by atoms with van der Waals surface area (Å²) in [7, 11) is 0. The lowest BCUT2D eigenvalue weighted by atomic mass is 10.00. The van der Waals surface area contributed by atoms with Crippen LogP contribution in [0.15, 0.2) is 66.7 Å². The fourth-order valence-corrected chi connectivity index (χ4v) is 3.11. The first-order valence-corrected chi connectivity index (χ1v) is 9.74. The number of hydrogen-bond acceptors (Lipinski definition) is 5. The van der Waals surface area contributed by atoms with Gasteiger partial charge in [-0.25, -0.2) is 0 Å². The number of nitrogens with two attached hydrogens (primary N) is 1. The molecule has 3 aromatic rings. The molecule has 0 heterocycles. The summed E-state index contributed by atoms with van der Waals surface area (Å²) in [6, 6.07) is 21.3. The second-order valence-corrected chi connectivity index (χ2v) is 6.68. The Bertz CT molecular complexity index is 939. The topological polar surface area (TPSA) is 73.6 Å². The lowest BCUT2D eigenvalue weighted by Crippen LogP contribution is -2.10. The predicted octanol–water partition coefficient (Wildman–Crippen LogP) is 4.86. The number of ether oxygens (including phenoxy) is 2. The maximum absolute atomic E-state index is 10.8. The number of hydrogen-bond donors (Lipinski definition) is 2. The average molecular weight is 390 g/mol. The lowest BCUT2D eigenvalue weighted by Gasteiger charge is -2.14. The van der Waals surface area contributed by atoms with Gasteiger partial charge in [0.25, 0.3) is 0 Å². The number of nitrogens with one attached hydrogen (secondary N) is 1. The van der Waals surface area contributed by atoms with Crippen LogP contribution in [0.25, 0.3) is 11.1 Å². The Balaban J connectivity index is 1.64. The highest BCUT2D eigenvalue weighted by Gasteiger charge is 2.07. The van der Waals surface area contributed by atoms with Crippen LogP contribution in [0.5, 0.6) is 11.5 Å². The van der Waals surface area contributed by atoms with E-state index in [0.717, 1.165) is 41.7 Å². The van der Waals surface area contributed by atoms with Crippen LogP contribution in [0.4, 0.5) is 5.69 Å². The lowest BCUT2D eigenvalue weighted by molar-refractivity contribution is 0.112. The Labute approximate surface area is 171 Å². The third-order valence-electron chi connectivity index (χ3n) is 4.57. The molecule has 0 bridgehead atoms. The predicted molar refractivity (Wildman–Crippen MR) is 117 cm³/mol. The maximum Gasteiger partial charge on any atom is 0.150 e. The number of hydrazine groups is 1. The van der Waals surface area contributed by atoms with Crippen molar-refractivity contribution in [1.82, 2.24) is 0 Å². The molecule has 0 atom stereocenters. The van der Waals surface area contributed by atoms with Crippen molar-refractivity contribution in [1.29, 1.82) is 0 Å². The zero-order valence-electron chi connectivity index (χ0n) is 16.6. The average Bonchev–Trinajstić information content (AvgIpc) is 2.78. The molecule has 0 fully saturated rings. The number of nitrogen functional groups attached to an aromatic ring is 1. The van der Waals surface area contributed by atoms with Crippen molar-refractivity contribution < 1.29 is 14.3 Å². The smallest absolute Gasteiger partial charge is 0.150 e. The van der Waals surface area contributed by atoms with E-state index in [1.165, 1.54) is 5.56 Å². The number of benzene rings is 3. The molecule has 0 saturated carbocycles. The van der Waals surface area contributed by atoms with Crippen LogP contribution in [0.3, 0.4) is 0 Å². The molecule has 0 aromatic heterocycles. The highest BCUT2D eigenvalue weighted by Crippen LogP contribution is 2.28. The van der Waals surface area contributed by atoms with Gasteiger partial charge in [0.1, 0.15) is 31.0 Å². The van der Waals surface area contributed by atoms with Gasteiger partial charge in [0.2, 0.25) is 0 Å². The SMILES string of the molecule is CCCc1cc(-c2ccc(NN)cc2)ccc1OCCOc1cccc(C=O)c1. The van der Waals surface area contributed by atoms with E-state index in [1.54, 1.807) is 18.2 Å². The molecule has 0 radical (unpaired) electrons. The highest BCUT2D eigenvalue weighted by atomic mass is 16.5. The largest absolute Gasteiger partial charge is 0.490 e. The quantitative estimate of drug-likeness (QED) is 0.224. The number of carbonyl (C=O) groups is 1. The molecule has 0 unspecified atom stereocenters. The van der Waals surface area contributed by atoms with Gasteiger partial charge in [0.05, 0.1) is 0 Å². The Morgan fingerprint density at radius 1 is 0.931 bits per heavy atom. The van der Waals surface area contributed by atoms with Crippen LogP contribution in [0.2, 0.25) is 0 Å². The van der Waals surface area contributed by atoms with Crippen molar-refractivity contribution in [3.8, 4) is 22.6 Å². The standard InChI is InChI=1S/C24H26N2O3/c1-2-4-21-16-20(19-7-10-22(26-25)11-8-19)9-12-24(21)29-14-13-28-23-6-3-5-18(15-23)17-27/h3,5-12,15-17,26H,2,4,13-14,25H2,1H3. The Hall–Kier alpha value is -3.31. The Morgan fingerprint density at radius 2 is 1.69 bits per heavy atom. The van der Waals surface area contributed by atoms with Gasteiger partial charge in [-0.05, 0) is 59.5 Å². The molecule has 29 heavy (non-hydrogen) atoms. The van der Waals surface area contributed by atoms with Crippen LogP contribution in [0, 0.1) is 0 Å². The van der Waals surface area contributed by atoms with Gasteiger partial charge in [-0.3, -0.25) is 10.6 Å². The number of anilines is 1. The van der Waals surface area contributed by atoms with E-state index in [4.69, 9.17) is 15.3 Å². The van der Waals surface area contributed by atoms with Crippen LogP contribution in [-0.4, -0.2) is 19.5 Å².